The molecule has 0 heterocycles. The fourth-order valence-corrected chi connectivity index (χ4v) is 6.30. The van der Waals surface area contributed by atoms with Crippen LogP contribution in [-0.4, -0.2) is 57.5 Å². The van der Waals surface area contributed by atoms with E-state index >= 15 is 8.78 Å². The van der Waals surface area contributed by atoms with Gasteiger partial charge in [0.2, 0.25) is 5.91 Å². The van der Waals surface area contributed by atoms with Crippen LogP contribution < -0.4 is 15.4 Å². The number of unbranched alkanes of at least 4 members (excludes halogenated alkanes) is 1. The van der Waals surface area contributed by atoms with E-state index in [1.807, 2.05) is 6.07 Å². The van der Waals surface area contributed by atoms with E-state index in [0.717, 1.165) is 23.3 Å². The Hall–Kier alpha value is -4.32. The van der Waals surface area contributed by atoms with E-state index in [2.05, 4.69) is 10.6 Å². The number of alkyl carbamates (subject to hydrolysis) is 1. The number of hydrogen-bond acceptors (Lipinski definition) is 9. The van der Waals surface area contributed by atoms with Gasteiger partial charge in [-0.3, -0.25) is 9.36 Å². The number of carbonyl (C=O) groups excluding carboxylic acids is 3. The summed E-state index contributed by atoms with van der Waals surface area (Å²) in [7, 11) is -3.51. The van der Waals surface area contributed by atoms with Crippen molar-refractivity contribution in [1.29, 1.82) is 0 Å². The van der Waals surface area contributed by atoms with Gasteiger partial charge in [0.1, 0.15) is 24.0 Å². The number of amides is 2. The third kappa shape index (κ3) is 11.1. The van der Waals surface area contributed by atoms with Crippen LogP contribution >= 0.6 is 7.60 Å². The van der Waals surface area contributed by atoms with E-state index in [1.54, 1.807) is 49.4 Å². The van der Waals surface area contributed by atoms with Crippen molar-refractivity contribution in [1.82, 2.24) is 10.6 Å². The SMILES string of the molecule is CCOP(=O)(OCC)C(F)(F)c1ccc(C[C@H](NC(=O)OCc2ccccc2)C(=O)NCCCCOc2cccc(C)c2C(=O)OC)cc1. The molecule has 0 aliphatic carbocycles. The molecular weight excluding hydrogens is 661 g/mol. The maximum atomic E-state index is 15.2. The lowest BCUT2D eigenvalue weighted by atomic mass is 10.0. The summed E-state index contributed by atoms with van der Waals surface area (Å²) in [4.78, 5) is 38.1. The van der Waals surface area contributed by atoms with E-state index in [1.165, 1.54) is 33.1 Å². The lowest BCUT2D eigenvalue weighted by Gasteiger charge is -2.26. The summed E-state index contributed by atoms with van der Waals surface area (Å²) in [5.74, 6) is -0.618. The van der Waals surface area contributed by atoms with Crippen LogP contribution in [0.15, 0.2) is 72.8 Å². The predicted molar refractivity (Wildman–Crippen MR) is 179 cm³/mol. The molecule has 3 aromatic carbocycles. The van der Waals surface area contributed by atoms with E-state index in [9.17, 15) is 18.9 Å². The minimum atomic E-state index is -4.80. The van der Waals surface area contributed by atoms with Gasteiger partial charge in [-0.1, -0.05) is 66.7 Å². The van der Waals surface area contributed by atoms with Gasteiger partial charge in [0.25, 0.3) is 0 Å². The van der Waals surface area contributed by atoms with Crippen LogP contribution in [0.1, 0.15) is 59.3 Å². The fourth-order valence-electron chi connectivity index (χ4n) is 4.76. The second-order valence-corrected chi connectivity index (χ2v) is 12.9. The van der Waals surface area contributed by atoms with Crippen LogP contribution in [0.4, 0.5) is 13.6 Å². The van der Waals surface area contributed by atoms with Crippen LogP contribution in [0.3, 0.4) is 0 Å². The Balaban J connectivity index is 1.64. The van der Waals surface area contributed by atoms with Gasteiger partial charge >= 0.3 is 25.3 Å². The van der Waals surface area contributed by atoms with E-state index < -0.39 is 42.8 Å². The van der Waals surface area contributed by atoms with Gasteiger partial charge in [-0.15, -0.1) is 0 Å². The lowest BCUT2D eigenvalue weighted by molar-refractivity contribution is -0.123. The third-order valence-corrected chi connectivity index (χ3v) is 9.40. The molecule has 0 aromatic heterocycles. The molecule has 0 aliphatic rings. The van der Waals surface area contributed by atoms with Crippen molar-refractivity contribution < 1.29 is 51.0 Å². The van der Waals surface area contributed by atoms with Gasteiger partial charge in [-0.2, -0.15) is 8.78 Å². The molecule has 0 radical (unpaired) electrons. The molecule has 0 fully saturated rings. The Morgan fingerprint density at radius 1 is 0.878 bits per heavy atom. The summed E-state index contributed by atoms with van der Waals surface area (Å²) >= 11 is 0. The topological polar surface area (TPSA) is 138 Å². The largest absolute Gasteiger partial charge is 0.493 e. The number of esters is 1. The highest BCUT2D eigenvalue weighted by molar-refractivity contribution is 7.54. The zero-order valence-electron chi connectivity index (χ0n) is 28.0. The Kier molecular flexibility index (Phi) is 15.2. The minimum Gasteiger partial charge on any atom is -0.493 e. The number of ether oxygens (including phenoxy) is 3. The molecule has 2 amide bonds. The first-order chi connectivity index (χ1) is 23.5. The molecule has 0 saturated heterocycles. The molecule has 0 unspecified atom stereocenters. The average Bonchev–Trinajstić information content (AvgIpc) is 3.09. The molecule has 0 saturated carbocycles. The Morgan fingerprint density at radius 2 is 1.55 bits per heavy atom. The minimum absolute atomic E-state index is 0.0247. The first kappa shape index (κ1) is 39.1. The van der Waals surface area contributed by atoms with Gasteiger partial charge in [0.05, 0.1) is 26.9 Å². The number of carbonyl (C=O) groups is 3. The number of benzene rings is 3. The van der Waals surface area contributed by atoms with Crippen molar-refractivity contribution in [2.24, 2.45) is 0 Å². The number of methoxy groups -OCH3 is 1. The molecule has 49 heavy (non-hydrogen) atoms. The Morgan fingerprint density at radius 3 is 2.18 bits per heavy atom. The molecule has 0 bridgehead atoms. The highest BCUT2D eigenvalue weighted by atomic mass is 31.2. The maximum Gasteiger partial charge on any atom is 0.408 e. The van der Waals surface area contributed by atoms with Crippen LogP contribution in [0.25, 0.3) is 0 Å². The van der Waals surface area contributed by atoms with Crippen LogP contribution in [0.5, 0.6) is 5.75 Å². The first-order valence-electron chi connectivity index (χ1n) is 15.9. The number of nitrogens with one attached hydrogen (secondary N) is 2. The van der Waals surface area contributed by atoms with Crippen molar-refractivity contribution in [2.45, 2.75) is 58.3 Å². The Bertz CT molecular complexity index is 1560. The van der Waals surface area contributed by atoms with Gasteiger partial charge in [0, 0.05) is 18.5 Å². The van der Waals surface area contributed by atoms with Crippen molar-refractivity contribution in [3.63, 3.8) is 0 Å². The van der Waals surface area contributed by atoms with Crippen molar-refractivity contribution in [2.75, 3.05) is 33.5 Å². The summed E-state index contributed by atoms with van der Waals surface area (Å²) in [6.07, 6.45) is 0.156. The highest BCUT2D eigenvalue weighted by Gasteiger charge is 2.54. The summed E-state index contributed by atoms with van der Waals surface area (Å²) in [6.45, 7) is 4.69. The summed E-state index contributed by atoms with van der Waals surface area (Å²) in [5.41, 5.74) is -2.24. The van der Waals surface area contributed by atoms with Crippen molar-refractivity contribution >= 4 is 25.6 Å². The number of aryl methyl sites for hydroxylation is 1. The van der Waals surface area contributed by atoms with Crippen molar-refractivity contribution in [3.05, 3.63) is 101 Å². The summed E-state index contributed by atoms with van der Waals surface area (Å²) in [5, 5.41) is 5.35. The van der Waals surface area contributed by atoms with Crippen LogP contribution in [-0.2, 0) is 46.6 Å². The van der Waals surface area contributed by atoms with Gasteiger partial charge in [-0.25, -0.2) is 9.59 Å². The molecule has 3 aromatic rings. The molecule has 1 atom stereocenters. The molecule has 266 valence electrons. The first-order valence-corrected chi connectivity index (χ1v) is 17.4. The highest BCUT2D eigenvalue weighted by Crippen LogP contribution is 2.66. The zero-order chi connectivity index (χ0) is 35.9. The van der Waals surface area contributed by atoms with Gasteiger partial charge in [-0.05, 0) is 56.4 Å². The van der Waals surface area contributed by atoms with Gasteiger partial charge < -0.3 is 33.9 Å². The molecule has 2 N–H and O–H groups in total. The molecule has 0 aliphatic heterocycles. The van der Waals surface area contributed by atoms with Crippen LogP contribution in [0.2, 0.25) is 0 Å². The molecular formula is C35H43F2N2O9P. The molecule has 11 nitrogen and oxygen atoms in total. The van der Waals surface area contributed by atoms with Crippen molar-refractivity contribution in [3.8, 4) is 5.75 Å². The standard InChI is InChI=1S/C35H43F2N2O9P/c1-5-47-49(43,48-6-2)35(36,37)28-19-17-26(18-20-28)23-29(39-34(42)46-24-27-14-8-7-9-15-27)32(40)38-21-10-11-22-45-30-16-12-13-25(3)31(30)33(41)44-4/h7-9,12-20,29H,5-6,10-11,21-24H2,1-4H3,(H,38,40)(H,39,42)/t29-/m0/s1. The fraction of sp³-hybridized carbons (Fsp3) is 0.400. The smallest absolute Gasteiger partial charge is 0.408 e. The normalized spacial score (nSPS) is 12.1. The number of halogens is 2. The predicted octanol–water partition coefficient (Wildman–Crippen LogP) is 6.91. The third-order valence-electron chi connectivity index (χ3n) is 7.26. The molecule has 14 heteroatoms. The quantitative estimate of drug-likeness (QED) is 0.0775. The second kappa shape index (κ2) is 19.0. The summed E-state index contributed by atoms with van der Waals surface area (Å²) < 4.78 is 69.0. The van der Waals surface area contributed by atoms with E-state index in [4.69, 9.17) is 23.3 Å². The lowest BCUT2D eigenvalue weighted by Crippen LogP contribution is -2.48. The van der Waals surface area contributed by atoms with E-state index in [-0.39, 0.29) is 39.4 Å². The number of alkyl halides is 2. The van der Waals surface area contributed by atoms with E-state index in [0.29, 0.717) is 29.7 Å². The molecule has 0 spiro atoms. The number of hydrogen-bond donors (Lipinski definition) is 2. The Labute approximate surface area is 285 Å². The zero-order valence-corrected chi connectivity index (χ0v) is 28.9. The molecule has 3 rings (SSSR count). The van der Waals surface area contributed by atoms with Crippen LogP contribution in [0, 0.1) is 6.92 Å². The average molecular weight is 705 g/mol. The maximum absolute atomic E-state index is 15.2. The monoisotopic (exact) mass is 704 g/mol. The van der Waals surface area contributed by atoms with Gasteiger partial charge in [0.15, 0.2) is 0 Å². The second-order valence-electron chi connectivity index (χ2n) is 10.8. The summed E-state index contributed by atoms with van der Waals surface area (Å²) in [6, 6.07) is 18.0. The number of rotatable bonds is 19.